The third-order valence-electron chi connectivity index (χ3n) is 4.13. The molecule has 1 atom stereocenters. The molecule has 0 amide bonds. The van der Waals surface area contributed by atoms with Crippen molar-refractivity contribution in [2.24, 2.45) is 5.92 Å². The van der Waals surface area contributed by atoms with Crippen LogP contribution in [0.15, 0.2) is 24.3 Å². The fraction of sp³-hybridized carbons (Fsp3) is 0.600. The Morgan fingerprint density at radius 1 is 1.24 bits per heavy atom. The van der Waals surface area contributed by atoms with Crippen molar-refractivity contribution < 1.29 is 0 Å². The second-order valence-electron chi connectivity index (χ2n) is 5.56. The quantitative estimate of drug-likeness (QED) is 0.835. The molecule has 2 nitrogen and oxygen atoms in total. The van der Waals surface area contributed by atoms with Crippen molar-refractivity contribution >= 4 is 0 Å². The van der Waals surface area contributed by atoms with Gasteiger partial charge in [0.25, 0.3) is 0 Å². The van der Waals surface area contributed by atoms with Crippen LogP contribution in [0.5, 0.6) is 0 Å². The normalized spacial score (nSPS) is 21.5. The summed E-state index contributed by atoms with van der Waals surface area (Å²) in [6.45, 7) is 6.90. The predicted molar refractivity (Wildman–Crippen MR) is 70.7 cm³/mol. The molecule has 2 heteroatoms. The zero-order valence-corrected chi connectivity index (χ0v) is 10.7. The number of nitrogens with zero attached hydrogens (tertiary/aromatic N) is 1. The lowest BCUT2D eigenvalue weighted by Crippen LogP contribution is -2.34. The molecule has 92 valence electrons. The number of hydrogen-bond donors (Lipinski definition) is 1. The Hall–Kier alpha value is -0.860. The average molecular weight is 230 g/mol. The fourth-order valence-electron chi connectivity index (χ4n) is 2.78. The van der Waals surface area contributed by atoms with Gasteiger partial charge in [0.1, 0.15) is 0 Å². The van der Waals surface area contributed by atoms with Gasteiger partial charge in [0.15, 0.2) is 0 Å². The molecule has 1 N–H and O–H groups in total. The third-order valence-corrected chi connectivity index (χ3v) is 4.13. The molecule has 1 aliphatic carbocycles. The first-order chi connectivity index (χ1) is 8.33. The number of nitrogens with one attached hydrogen (secondary N) is 1. The van der Waals surface area contributed by atoms with E-state index in [9.17, 15) is 0 Å². The summed E-state index contributed by atoms with van der Waals surface area (Å²) in [6.07, 6.45) is 2.87. The minimum absolute atomic E-state index is 0.722. The van der Waals surface area contributed by atoms with E-state index >= 15 is 0 Å². The van der Waals surface area contributed by atoms with Crippen LogP contribution in [-0.2, 0) is 13.1 Å². The summed E-state index contributed by atoms with van der Waals surface area (Å²) in [5.41, 5.74) is 3.03. The Morgan fingerprint density at radius 2 is 1.88 bits per heavy atom. The predicted octanol–water partition coefficient (Wildman–Crippen LogP) is 2.39. The van der Waals surface area contributed by atoms with Crippen molar-refractivity contribution in [2.45, 2.75) is 38.9 Å². The Kier molecular flexibility index (Phi) is 3.17. The minimum atomic E-state index is 0.722. The molecule has 0 radical (unpaired) electrons. The first kappa shape index (κ1) is 11.2. The standard InChI is InChI=1S/C15H22N2/c1-12(13-6-7-13)16-8-9-17-10-14-4-2-3-5-15(14)11-17/h2-5,12-13,16H,6-11H2,1H3. The lowest BCUT2D eigenvalue weighted by atomic mass is 10.1. The zero-order chi connectivity index (χ0) is 11.7. The minimum Gasteiger partial charge on any atom is -0.313 e. The van der Waals surface area contributed by atoms with Gasteiger partial charge >= 0.3 is 0 Å². The molecule has 0 spiro atoms. The van der Waals surface area contributed by atoms with Gasteiger partial charge in [0, 0.05) is 32.2 Å². The molecule has 0 saturated heterocycles. The van der Waals surface area contributed by atoms with Crippen LogP contribution in [0.4, 0.5) is 0 Å². The van der Waals surface area contributed by atoms with Gasteiger partial charge < -0.3 is 5.32 Å². The van der Waals surface area contributed by atoms with Crippen molar-refractivity contribution in [1.82, 2.24) is 10.2 Å². The molecule has 1 fully saturated rings. The summed E-state index contributed by atoms with van der Waals surface area (Å²) in [5.74, 6) is 0.964. The summed E-state index contributed by atoms with van der Waals surface area (Å²) in [7, 11) is 0. The van der Waals surface area contributed by atoms with Crippen LogP contribution >= 0.6 is 0 Å². The van der Waals surface area contributed by atoms with Crippen molar-refractivity contribution in [3.63, 3.8) is 0 Å². The van der Waals surface area contributed by atoms with Crippen LogP contribution in [0.25, 0.3) is 0 Å². The highest BCUT2D eigenvalue weighted by atomic mass is 15.2. The smallest absolute Gasteiger partial charge is 0.0241 e. The maximum absolute atomic E-state index is 3.66. The van der Waals surface area contributed by atoms with E-state index in [2.05, 4.69) is 41.4 Å². The molecule has 3 rings (SSSR count). The van der Waals surface area contributed by atoms with Gasteiger partial charge in [-0.25, -0.2) is 0 Å². The van der Waals surface area contributed by atoms with Gasteiger partial charge in [0.05, 0.1) is 0 Å². The maximum atomic E-state index is 3.66. The van der Waals surface area contributed by atoms with Gasteiger partial charge in [-0.15, -0.1) is 0 Å². The Morgan fingerprint density at radius 3 is 2.47 bits per heavy atom. The molecular weight excluding hydrogens is 208 g/mol. The van der Waals surface area contributed by atoms with Crippen LogP contribution in [0, 0.1) is 5.92 Å². The Bertz CT molecular complexity index is 359. The zero-order valence-electron chi connectivity index (χ0n) is 10.7. The molecule has 0 aromatic heterocycles. The summed E-state index contributed by atoms with van der Waals surface area (Å²) >= 11 is 0. The highest BCUT2D eigenvalue weighted by Crippen LogP contribution is 2.32. The van der Waals surface area contributed by atoms with E-state index in [4.69, 9.17) is 0 Å². The molecule has 1 aromatic rings. The van der Waals surface area contributed by atoms with Crippen molar-refractivity contribution in [3.05, 3.63) is 35.4 Å². The first-order valence-corrected chi connectivity index (χ1v) is 6.85. The number of fused-ring (bicyclic) bond motifs is 1. The molecule has 2 aliphatic rings. The molecule has 1 unspecified atom stereocenters. The summed E-state index contributed by atoms with van der Waals surface area (Å²) in [5, 5.41) is 3.66. The van der Waals surface area contributed by atoms with Crippen molar-refractivity contribution in [3.8, 4) is 0 Å². The van der Waals surface area contributed by atoms with E-state index in [-0.39, 0.29) is 0 Å². The number of benzene rings is 1. The molecule has 17 heavy (non-hydrogen) atoms. The lowest BCUT2D eigenvalue weighted by molar-refractivity contribution is 0.277. The van der Waals surface area contributed by atoms with Crippen molar-refractivity contribution in [2.75, 3.05) is 13.1 Å². The van der Waals surface area contributed by atoms with Gasteiger partial charge in [-0.1, -0.05) is 24.3 Å². The number of hydrogen-bond acceptors (Lipinski definition) is 2. The van der Waals surface area contributed by atoms with Crippen molar-refractivity contribution in [1.29, 1.82) is 0 Å². The van der Waals surface area contributed by atoms with E-state index in [1.54, 1.807) is 0 Å². The monoisotopic (exact) mass is 230 g/mol. The van der Waals surface area contributed by atoms with Crippen LogP contribution < -0.4 is 5.32 Å². The summed E-state index contributed by atoms with van der Waals surface area (Å²) in [4.78, 5) is 2.54. The first-order valence-electron chi connectivity index (χ1n) is 6.85. The van der Waals surface area contributed by atoms with Gasteiger partial charge in [-0.2, -0.15) is 0 Å². The van der Waals surface area contributed by atoms with E-state index in [1.165, 1.54) is 30.5 Å². The van der Waals surface area contributed by atoms with Crippen LogP contribution in [0.3, 0.4) is 0 Å². The Balaban J connectivity index is 1.43. The number of rotatable bonds is 5. The summed E-state index contributed by atoms with van der Waals surface area (Å²) in [6, 6.07) is 9.54. The lowest BCUT2D eigenvalue weighted by Gasteiger charge is -2.18. The van der Waals surface area contributed by atoms with Crippen LogP contribution in [0.1, 0.15) is 30.9 Å². The molecule has 1 heterocycles. The molecule has 1 saturated carbocycles. The van der Waals surface area contributed by atoms with Gasteiger partial charge in [0.2, 0.25) is 0 Å². The van der Waals surface area contributed by atoms with Crippen LogP contribution in [-0.4, -0.2) is 24.0 Å². The Labute approximate surface area is 104 Å². The fourth-order valence-corrected chi connectivity index (χ4v) is 2.78. The second kappa shape index (κ2) is 4.79. The molecule has 1 aliphatic heterocycles. The SMILES string of the molecule is CC(NCCN1Cc2ccccc2C1)C1CC1. The van der Waals surface area contributed by atoms with Gasteiger partial charge in [-0.3, -0.25) is 4.90 Å². The van der Waals surface area contributed by atoms with E-state index in [0.717, 1.165) is 31.6 Å². The second-order valence-corrected chi connectivity index (χ2v) is 5.56. The largest absolute Gasteiger partial charge is 0.313 e. The maximum Gasteiger partial charge on any atom is 0.0241 e. The van der Waals surface area contributed by atoms with E-state index in [0.29, 0.717) is 0 Å². The van der Waals surface area contributed by atoms with E-state index in [1.807, 2.05) is 0 Å². The summed E-state index contributed by atoms with van der Waals surface area (Å²) < 4.78 is 0. The molecule has 0 bridgehead atoms. The molecular formula is C15H22N2. The topological polar surface area (TPSA) is 15.3 Å². The van der Waals surface area contributed by atoms with Gasteiger partial charge in [-0.05, 0) is 36.8 Å². The third kappa shape index (κ3) is 2.70. The average Bonchev–Trinajstić information content (AvgIpc) is 3.09. The van der Waals surface area contributed by atoms with Crippen LogP contribution in [0.2, 0.25) is 0 Å². The van der Waals surface area contributed by atoms with E-state index < -0.39 is 0 Å². The highest BCUT2D eigenvalue weighted by molar-refractivity contribution is 5.30. The molecule has 1 aromatic carbocycles. The highest BCUT2D eigenvalue weighted by Gasteiger charge is 2.27.